The predicted octanol–water partition coefficient (Wildman–Crippen LogP) is 3.80. The summed E-state index contributed by atoms with van der Waals surface area (Å²) in [5, 5.41) is 5.45. The molecule has 3 rings (SSSR count). The van der Waals surface area contributed by atoms with Crippen LogP contribution in [0.25, 0.3) is 0 Å². The van der Waals surface area contributed by atoms with Crippen LogP contribution in [0.4, 0.5) is 11.4 Å². The Kier molecular flexibility index (Phi) is 5.99. The number of amides is 2. The van der Waals surface area contributed by atoms with Crippen LogP contribution in [0.3, 0.4) is 0 Å². The molecule has 0 aliphatic rings. The van der Waals surface area contributed by atoms with Gasteiger partial charge in [-0.15, -0.1) is 0 Å². The first-order valence-corrected chi connectivity index (χ1v) is 8.80. The molecule has 1 heterocycles. The van der Waals surface area contributed by atoms with E-state index in [4.69, 9.17) is 4.74 Å². The highest BCUT2D eigenvalue weighted by Gasteiger charge is 2.14. The Balaban J connectivity index is 1.73. The van der Waals surface area contributed by atoms with Crippen molar-refractivity contribution in [2.24, 2.45) is 0 Å². The second kappa shape index (κ2) is 8.79. The fourth-order valence-electron chi connectivity index (χ4n) is 2.62. The van der Waals surface area contributed by atoms with E-state index >= 15 is 0 Å². The van der Waals surface area contributed by atoms with E-state index < -0.39 is 11.8 Å². The van der Waals surface area contributed by atoms with Crippen molar-refractivity contribution in [3.63, 3.8) is 0 Å². The highest BCUT2D eigenvalue weighted by atomic mass is 16.5. The van der Waals surface area contributed by atoms with Gasteiger partial charge in [-0.05, 0) is 55.5 Å². The van der Waals surface area contributed by atoms with Gasteiger partial charge in [0.15, 0.2) is 5.78 Å². The van der Waals surface area contributed by atoms with E-state index in [-0.39, 0.29) is 17.0 Å². The van der Waals surface area contributed by atoms with Gasteiger partial charge in [-0.2, -0.15) is 0 Å². The van der Waals surface area contributed by atoms with Gasteiger partial charge in [-0.25, -0.2) is 0 Å². The number of ketones is 1. The summed E-state index contributed by atoms with van der Waals surface area (Å²) < 4.78 is 5.21. The normalized spacial score (nSPS) is 10.1. The molecule has 0 saturated carbocycles. The number of nitrogens with zero attached hydrogens (tertiary/aromatic N) is 1. The third-order valence-electron chi connectivity index (χ3n) is 4.16. The smallest absolute Gasteiger partial charge is 0.274 e. The number of hydrogen-bond donors (Lipinski definition) is 2. The summed E-state index contributed by atoms with van der Waals surface area (Å²) in [4.78, 5) is 40.4. The van der Waals surface area contributed by atoms with Crippen molar-refractivity contribution in [1.29, 1.82) is 0 Å². The predicted molar refractivity (Wildman–Crippen MR) is 110 cm³/mol. The van der Waals surface area contributed by atoms with Gasteiger partial charge in [0.25, 0.3) is 11.8 Å². The fraction of sp³-hybridized carbons (Fsp3) is 0.0909. The van der Waals surface area contributed by atoms with Crippen LogP contribution >= 0.6 is 0 Å². The summed E-state index contributed by atoms with van der Waals surface area (Å²) >= 11 is 0. The fourth-order valence-corrected chi connectivity index (χ4v) is 2.62. The van der Waals surface area contributed by atoms with Crippen LogP contribution in [0.15, 0.2) is 66.9 Å². The van der Waals surface area contributed by atoms with Crippen LogP contribution in [-0.4, -0.2) is 29.7 Å². The summed E-state index contributed by atoms with van der Waals surface area (Å²) in [6.07, 6.45) is 1.39. The zero-order chi connectivity index (χ0) is 20.8. The zero-order valence-corrected chi connectivity index (χ0v) is 15.9. The number of ether oxygens (including phenoxy) is 1. The number of hydrogen-bond acceptors (Lipinski definition) is 5. The second-order valence-electron chi connectivity index (χ2n) is 6.17. The lowest BCUT2D eigenvalue weighted by Crippen LogP contribution is -2.17. The molecule has 2 amide bonds. The molecule has 0 radical (unpaired) electrons. The molecule has 0 spiro atoms. The van der Waals surface area contributed by atoms with Crippen molar-refractivity contribution in [2.45, 2.75) is 6.92 Å². The number of carbonyl (C=O) groups excluding carboxylic acids is 3. The topological polar surface area (TPSA) is 97.4 Å². The first-order valence-electron chi connectivity index (χ1n) is 8.80. The molecule has 0 aliphatic carbocycles. The van der Waals surface area contributed by atoms with Crippen LogP contribution in [0, 0.1) is 0 Å². The third kappa shape index (κ3) is 4.84. The van der Waals surface area contributed by atoms with Crippen LogP contribution in [0.5, 0.6) is 5.75 Å². The van der Waals surface area contributed by atoms with Crippen molar-refractivity contribution in [3.05, 3.63) is 83.7 Å². The first kappa shape index (κ1) is 19.8. The van der Waals surface area contributed by atoms with Crippen molar-refractivity contribution in [1.82, 2.24) is 4.98 Å². The minimum Gasteiger partial charge on any atom is -0.495 e. The third-order valence-corrected chi connectivity index (χ3v) is 4.16. The summed E-state index contributed by atoms with van der Waals surface area (Å²) in [7, 11) is 1.51. The number of Topliss-reactive ketones (excluding diaryl/α,β-unsaturated/α-hetero) is 1. The lowest BCUT2D eigenvalue weighted by Gasteiger charge is -2.10. The lowest BCUT2D eigenvalue weighted by molar-refractivity contribution is 0.100. The monoisotopic (exact) mass is 389 g/mol. The molecule has 0 bridgehead atoms. The Hall–Kier alpha value is -4.00. The number of carbonyl (C=O) groups is 3. The minimum absolute atomic E-state index is 0.0530. The number of para-hydroxylation sites is 2. The molecule has 29 heavy (non-hydrogen) atoms. The second-order valence-corrected chi connectivity index (χ2v) is 6.17. The molecule has 0 fully saturated rings. The summed E-state index contributed by atoms with van der Waals surface area (Å²) in [6.45, 7) is 1.47. The lowest BCUT2D eigenvalue weighted by atomic mass is 10.1. The minimum atomic E-state index is -0.463. The Morgan fingerprint density at radius 2 is 1.59 bits per heavy atom. The molecule has 2 N–H and O–H groups in total. The van der Waals surface area contributed by atoms with E-state index in [1.54, 1.807) is 48.5 Å². The van der Waals surface area contributed by atoms with Gasteiger partial charge in [0.05, 0.1) is 12.8 Å². The Bertz CT molecular complexity index is 1060. The Morgan fingerprint density at radius 3 is 2.28 bits per heavy atom. The van der Waals surface area contributed by atoms with Gasteiger partial charge in [0.1, 0.15) is 11.4 Å². The quantitative estimate of drug-likeness (QED) is 0.625. The molecule has 7 heteroatoms. The van der Waals surface area contributed by atoms with Gasteiger partial charge in [-0.3, -0.25) is 19.4 Å². The average Bonchev–Trinajstić information content (AvgIpc) is 2.74. The number of pyridine rings is 1. The Morgan fingerprint density at radius 1 is 0.862 bits per heavy atom. The maximum Gasteiger partial charge on any atom is 0.274 e. The maximum absolute atomic E-state index is 12.5. The molecule has 3 aromatic rings. The molecule has 0 unspecified atom stereocenters. The number of rotatable bonds is 6. The van der Waals surface area contributed by atoms with Crippen LogP contribution < -0.4 is 15.4 Å². The SMILES string of the molecule is COc1ccccc1NC(=O)c1cc(C(=O)Nc2ccc(C(C)=O)cc2)ccn1. The summed E-state index contributed by atoms with van der Waals surface area (Å²) in [5.41, 5.74) is 1.97. The number of nitrogens with one attached hydrogen (secondary N) is 2. The van der Waals surface area contributed by atoms with E-state index in [0.29, 0.717) is 22.7 Å². The van der Waals surface area contributed by atoms with E-state index in [1.807, 2.05) is 0 Å². The number of aromatic nitrogens is 1. The van der Waals surface area contributed by atoms with Crippen molar-refractivity contribution in [2.75, 3.05) is 17.7 Å². The largest absolute Gasteiger partial charge is 0.495 e. The van der Waals surface area contributed by atoms with Crippen molar-refractivity contribution in [3.8, 4) is 5.75 Å². The molecule has 0 aliphatic heterocycles. The van der Waals surface area contributed by atoms with E-state index in [1.165, 1.54) is 32.4 Å². The molecule has 0 atom stereocenters. The first-order chi connectivity index (χ1) is 14.0. The number of benzene rings is 2. The molecule has 146 valence electrons. The maximum atomic E-state index is 12.5. The molecular weight excluding hydrogens is 370 g/mol. The standard InChI is InChI=1S/C22H19N3O4/c1-14(26)15-7-9-17(10-8-15)24-21(27)16-11-12-23-19(13-16)22(28)25-18-5-3-4-6-20(18)29-2/h3-13H,1-2H3,(H,24,27)(H,25,28). The van der Waals surface area contributed by atoms with Gasteiger partial charge >= 0.3 is 0 Å². The summed E-state index contributed by atoms with van der Waals surface area (Å²) in [6, 6.07) is 16.5. The highest BCUT2D eigenvalue weighted by molar-refractivity contribution is 6.08. The van der Waals surface area contributed by atoms with Crippen molar-refractivity contribution < 1.29 is 19.1 Å². The van der Waals surface area contributed by atoms with Gasteiger partial charge in [-0.1, -0.05) is 12.1 Å². The van der Waals surface area contributed by atoms with Crippen LogP contribution in [0.1, 0.15) is 38.1 Å². The summed E-state index contributed by atoms with van der Waals surface area (Å²) in [5.74, 6) is -0.393. The molecular formula is C22H19N3O4. The van der Waals surface area contributed by atoms with Crippen molar-refractivity contribution >= 4 is 29.0 Å². The van der Waals surface area contributed by atoms with E-state index in [2.05, 4.69) is 15.6 Å². The number of anilines is 2. The zero-order valence-electron chi connectivity index (χ0n) is 15.9. The van der Waals surface area contributed by atoms with Gasteiger partial charge in [0, 0.05) is 23.0 Å². The van der Waals surface area contributed by atoms with E-state index in [9.17, 15) is 14.4 Å². The number of methoxy groups -OCH3 is 1. The average molecular weight is 389 g/mol. The van der Waals surface area contributed by atoms with Gasteiger partial charge in [0.2, 0.25) is 0 Å². The van der Waals surface area contributed by atoms with E-state index in [0.717, 1.165) is 0 Å². The molecule has 7 nitrogen and oxygen atoms in total. The van der Waals surface area contributed by atoms with Gasteiger partial charge < -0.3 is 15.4 Å². The van der Waals surface area contributed by atoms with Crippen LogP contribution in [-0.2, 0) is 0 Å². The molecule has 2 aromatic carbocycles. The molecule has 0 saturated heterocycles. The Labute approximate surface area is 167 Å². The molecule has 1 aromatic heterocycles. The van der Waals surface area contributed by atoms with Crippen LogP contribution in [0.2, 0.25) is 0 Å². The highest BCUT2D eigenvalue weighted by Crippen LogP contribution is 2.23.